The molecule has 2 heterocycles. The topological polar surface area (TPSA) is 53.4 Å². The van der Waals surface area contributed by atoms with Gasteiger partial charge in [-0.2, -0.15) is 0 Å². The van der Waals surface area contributed by atoms with Gasteiger partial charge in [-0.1, -0.05) is 13.8 Å². The third kappa shape index (κ3) is 3.19. The molecule has 0 aromatic carbocycles. The number of aliphatic carboxylic acids is 1. The number of nitrogens with zero attached hydrogens (tertiary/aromatic N) is 2. The number of carboxylic acid groups (broad SMARTS) is 1. The smallest absolute Gasteiger partial charge is 0.309 e. The van der Waals surface area contributed by atoms with Crippen LogP contribution in [0.2, 0.25) is 0 Å². The van der Waals surface area contributed by atoms with Gasteiger partial charge < -0.3 is 10.0 Å². The van der Waals surface area contributed by atoms with Crippen LogP contribution in [-0.4, -0.2) is 29.1 Å². The van der Waals surface area contributed by atoms with E-state index in [0.29, 0.717) is 11.1 Å². The van der Waals surface area contributed by atoms with E-state index in [1.165, 1.54) is 12.8 Å². The fourth-order valence-corrected chi connectivity index (χ4v) is 2.86. The Hall–Kier alpha value is -1.10. The lowest BCUT2D eigenvalue weighted by Gasteiger charge is -2.36. The Bertz CT molecular complexity index is 404. The van der Waals surface area contributed by atoms with Gasteiger partial charge in [-0.25, -0.2) is 4.98 Å². The minimum absolute atomic E-state index is 0.0236. The summed E-state index contributed by atoms with van der Waals surface area (Å²) in [6, 6.07) is 0. The number of hydrogen-bond acceptors (Lipinski definition) is 4. The molecule has 0 atom stereocenters. The van der Waals surface area contributed by atoms with Crippen LogP contribution in [0.4, 0.5) is 5.13 Å². The van der Waals surface area contributed by atoms with Crippen molar-refractivity contribution in [3.8, 4) is 0 Å². The summed E-state index contributed by atoms with van der Waals surface area (Å²) >= 11 is 1.55. The molecule has 0 unspecified atom stereocenters. The molecule has 0 radical (unpaired) electrons. The lowest BCUT2D eigenvalue weighted by atomic mass is 9.83. The zero-order valence-corrected chi connectivity index (χ0v) is 11.1. The summed E-state index contributed by atoms with van der Waals surface area (Å²) in [7, 11) is 0. The van der Waals surface area contributed by atoms with Crippen LogP contribution in [0, 0.1) is 5.41 Å². The van der Waals surface area contributed by atoms with Crippen LogP contribution in [-0.2, 0) is 11.2 Å². The van der Waals surface area contributed by atoms with Gasteiger partial charge in [0.2, 0.25) is 0 Å². The van der Waals surface area contributed by atoms with Gasteiger partial charge in [0, 0.05) is 18.5 Å². The molecule has 0 spiro atoms. The predicted octanol–water partition coefficient (Wildman–Crippen LogP) is 2.40. The molecule has 17 heavy (non-hydrogen) atoms. The molecule has 4 nitrogen and oxygen atoms in total. The van der Waals surface area contributed by atoms with E-state index in [1.54, 1.807) is 11.3 Å². The van der Waals surface area contributed by atoms with Gasteiger partial charge in [0.1, 0.15) is 0 Å². The molecule has 1 N–H and O–H groups in total. The maximum absolute atomic E-state index is 10.6. The first-order chi connectivity index (χ1) is 7.96. The second kappa shape index (κ2) is 4.64. The average molecular weight is 254 g/mol. The van der Waals surface area contributed by atoms with Gasteiger partial charge in [0.05, 0.1) is 12.1 Å². The third-order valence-corrected chi connectivity index (χ3v) is 4.21. The lowest BCUT2D eigenvalue weighted by Crippen LogP contribution is -2.37. The molecule has 1 aromatic heterocycles. The normalized spacial score (nSPS) is 19.3. The molecular formula is C12H18N2O2S. The van der Waals surface area contributed by atoms with Crippen molar-refractivity contribution in [2.75, 3.05) is 18.0 Å². The molecule has 2 rings (SSSR count). The molecular weight excluding hydrogens is 236 g/mol. The second-order valence-electron chi connectivity index (χ2n) is 5.34. The summed E-state index contributed by atoms with van der Waals surface area (Å²) < 4.78 is 0. The predicted molar refractivity (Wildman–Crippen MR) is 68.7 cm³/mol. The number of piperidine rings is 1. The van der Waals surface area contributed by atoms with Crippen LogP contribution in [0.25, 0.3) is 0 Å². The van der Waals surface area contributed by atoms with Crippen LogP contribution < -0.4 is 4.90 Å². The van der Waals surface area contributed by atoms with Gasteiger partial charge in [-0.05, 0) is 18.3 Å². The maximum atomic E-state index is 10.6. The van der Waals surface area contributed by atoms with Crippen LogP contribution in [0.15, 0.2) is 5.38 Å². The molecule has 0 amide bonds. The van der Waals surface area contributed by atoms with Crippen LogP contribution in [0.3, 0.4) is 0 Å². The number of thiazole rings is 1. The molecule has 0 saturated carbocycles. The molecule has 1 fully saturated rings. The minimum atomic E-state index is -0.818. The van der Waals surface area contributed by atoms with Gasteiger partial charge in [0.25, 0.3) is 0 Å². The molecule has 0 bridgehead atoms. The van der Waals surface area contributed by atoms with Crippen molar-refractivity contribution in [3.63, 3.8) is 0 Å². The highest BCUT2D eigenvalue weighted by Gasteiger charge is 2.26. The van der Waals surface area contributed by atoms with Gasteiger partial charge in [-0.15, -0.1) is 11.3 Å². The number of hydrogen-bond donors (Lipinski definition) is 1. The van der Waals surface area contributed by atoms with Crippen molar-refractivity contribution in [2.24, 2.45) is 5.41 Å². The van der Waals surface area contributed by atoms with E-state index in [2.05, 4.69) is 23.7 Å². The number of carbonyl (C=O) groups is 1. The Balaban J connectivity index is 1.99. The van der Waals surface area contributed by atoms with Crippen molar-refractivity contribution >= 4 is 22.4 Å². The Morgan fingerprint density at radius 1 is 1.53 bits per heavy atom. The second-order valence-corrected chi connectivity index (χ2v) is 6.18. The van der Waals surface area contributed by atoms with E-state index < -0.39 is 5.97 Å². The van der Waals surface area contributed by atoms with Crippen LogP contribution >= 0.6 is 11.3 Å². The van der Waals surface area contributed by atoms with Gasteiger partial charge >= 0.3 is 5.97 Å². The summed E-state index contributed by atoms with van der Waals surface area (Å²) in [4.78, 5) is 17.2. The summed E-state index contributed by atoms with van der Waals surface area (Å²) in [5.74, 6) is -0.818. The summed E-state index contributed by atoms with van der Waals surface area (Å²) in [6.07, 6.45) is 2.36. The molecule has 1 aliphatic heterocycles. The van der Waals surface area contributed by atoms with Gasteiger partial charge in [0.15, 0.2) is 5.13 Å². The Morgan fingerprint density at radius 2 is 2.18 bits per heavy atom. The van der Waals surface area contributed by atoms with Crippen LogP contribution in [0.5, 0.6) is 0 Å². The van der Waals surface area contributed by atoms with Gasteiger partial charge in [-0.3, -0.25) is 4.79 Å². The highest BCUT2D eigenvalue weighted by molar-refractivity contribution is 7.13. The minimum Gasteiger partial charge on any atom is -0.481 e. The summed E-state index contributed by atoms with van der Waals surface area (Å²) in [5, 5.41) is 11.5. The molecule has 5 heteroatoms. The standard InChI is InChI=1S/C12H18N2O2S/c1-12(2)3-5-14(6-4-12)11-13-9(8-17-11)7-10(15)16/h8H,3-7H2,1-2H3,(H,15,16). The number of aromatic nitrogens is 1. The number of rotatable bonds is 3. The van der Waals surface area contributed by atoms with E-state index in [0.717, 1.165) is 18.2 Å². The van der Waals surface area contributed by atoms with Crippen molar-refractivity contribution in [3.05, 3.63) is 11.1 Å². The van der Waals surface area contributed by atoms with E-state index in [9.17, 15) is 4.79 Å². The summed E-state index contributed by atoms with van der Waals surface area (Å²) in [6.45, 7) is 6.63. The molecule has 1 aliphatic rings. The zero-order valence-electron chi connectivity index (χ0n) is 10.3. The Labute approximate surface area is 105 Å². The van der Waals surface area contributed by atoms with E-state index in [4.69, 9.17) is 5.11 Å². The lowest BCUT2D eigenvalue weighted by molar-refractivity contribution is -0.136. The van der Waals surface area contributed by atoms with Crippen LogP contribution in [0.1, 0.15) is 32.4 Å². The van der Waals surface area contributed by atoms with E-state index in [-0.39, 0.29) is 6.42 Å². The average Bonchev–Trinajstić information content (AvgIpc) is 2.65. The molecule has 0 aliphatic carbocycles. The zero-order chi connectivity index (χ0) is 12.5. The first-order valence-electron chi connectivity index (χ1n) is 5.87. The van der Waals surface area contributed by atoms with Crippen molar-refractivity contribution < 1.29 is 9.90 Å². The Kier molecular flexibility index (Phi) is 3.38. The SMILES string of the molecule is CC1(C)CCN(c2nc(CC(=O)O)cs2)CC1. The highest BCUT2D eigenvalue weighted by atomic mass is 32.1. The van der Waals surface area contributed by atoms with E-state index in [1.807, 2.05) is 5.38 Å². The first-order valence-corrected chi connectivity index (χ1v) is 6.75. The largest absolute Gasteiger partial charge is 0.481 e. The number of carboxylic acids is 1. The molecule has 94 valence electrons. The quantitative estimate of drug-likeness (QED) is 0.900. The van der Waals surface area contributed by atoms with E-state index >= 15 is 0 Å². The highest BCUT2D eigenvalue weighted by Crippen LogP contribution is 2.33. The molecule has 1 saturated heterocycles. The van der Waals surface area contributed by atoms with Crippen molar-refractivity contribution in [2.45, 2.75) is 33.1 Å². The van der Waals surface area contributed by atoms with Crippen molar-refractivity contribution in [1.82, 2.24) is 4.98 Å². The monoisotopic (exact) mass is 254 g/mol. The number of anilines is 1. The maximum Gasteiger partial charge on any atom is 0.309 e. The summed E-state index contributed by atoms with van der Waals surface area (Å²) in [5.41, 5.74) is 1.10. The fraction of sp³-hybridized carbons (Fsp3) is 0.667. The third-order valence-electron chi connectivity index (χ3n) is 3.26. The van der Waals surface area contributed by atoms with Crippen molar-refractivity contribution in [1.29, 1.82) is 0 Å². The molecule has 1 aromatic rings. The fourth-order valence-electron chi connectivity index (χ4n) is 1.98. The Morgan fingerprint density at radius 3 is 2.76 bits per heavy atom. The first kappa shape index (κ1) is 12.4.